The minimum atomic E-state index is -0.331. The summed E-state index contributed by atoms with van der Waals surface area (Å²) < 4.78 is 0. The van der Waals surface area contributed by atoms with Crippen molar-refractivity contribution < 1.29 is 4.79 Å². The Morgan fingerprint density at radius 1 is 1.56 bits per heavy atom. The molecule has 0 aromatic carbocycles. The number of carbonyl (C=O) groups excluding carboxylic acids is 1. The maximum Gasteiger partial charge on any atom is 0.235 e. The van der Waals surface area contributed by atoms with E-state index in [0.29, 0.717) is 0 Å². The van der Waals surface area contributed by atoms with E-state index >= 15 is 0 Å². The van der Waals surface area contributed by atoms with Gasteiger partial charge in [-0.25, -0.2) is 0 Å². The van der Waals surface area contributed by atoms with E-state index in [1.165, 1.54) is 0 Å². The van der Waals surface area contributed by atoms with E-state index in [1.807, 2.05) is 20.8 Å². The van der Waals surface area contributed by atoms with Gasteiger partial charge in [-0.15, -0.1) is 0 Å². The average molecular weight is 214 g/mol. The fourth-order valence-corrected chi connectivity index (χ4v) is 0.668. The Hall–Kier alpha value is 0.440. The fourth-order valence-electron chi connectivity index (χ4n) is 0.340. The van der Waals surface area contributed by atoms with Gasteiger partial charge in [0.25, 0.3) is 0 Å². The molecule has 1 atom stereocenters. The molecule has 0 saturated carbocycles. The van der Waals surface area contributed by atoms with Crippen molar-refractivity contribution >= 4 is 32.8 Å². The van der Waals surface area contributed by atoms with Crippen LogP contribution in [0.15, 0.2) is 0 Å². The Kier molecular flexibility index (Phi) is 3.17. The summed E-state index contributed by atoms with van der Waals surface area (Å²) in [6.07, 6.45) is 0. The SMILES string of the molecule is CC(C)(C)[C@@H](Br)C(=O)Cl. The van der Waals surface area contributed by atoms with Crippen LogP contribution in [-0.2, 0) is 4.79 Å². The Labute approximate surface area is 68.9 Å². The molecule has 1 nitrogen and oxygen atoms in total. The van der Waals surface area contributed by atoms with Gasteiger partial charge in [-0.2, -0.15) is 0 Å². The van der Waals surface area contributed by atoms with Gasteiger partial charge in [-0.1, -0.05) is 36.7 Å². The van der Waals surface area contributed by atoms with Crippen LogP contribution in [0, 0.1) is 5.41 Å². The predicted octanol–water partition coefficient (Wildman–Crippen LogP) is 2.56. The van der Waals surface area contributed by atoms with Crippen LogP contribution in [0.4, 0.5) is 0 Å². The summed E-state index contributed by atoms with van der Waals surface area (Å²) in [5, 5.41) is -0.331. The van der Waals surface area contributed by atoms with Gasteiger partial charge in [0.15, 0.2) is 0 Å². The van der Waals surface area contributed by atoms with Crippen LogP contribution in [0.5, 0.6) is 0 Å². The van der Waals surface area contributed by atoms with E-state index in [9.17, 15) is 4.79 Å². The normalized spacial score (nSPS) is 15.2. The number of hydrogen-bond acceptors (Lipinski definition) is 1. The Morgan fingerprint density at radius 2 is 1.89 bits per heavy atom. The van der Waals surface area contributed by atoms with Gasteiger partial charge in [-0.3, -0.25) is 4.79 Å². The predicted molar refractivity (Wildman–Crippen MR) is 43.0 cm³/mol. The van der Waals surface area contributed by atoms with E-state index in [-0.39, 0.29) is 15.5 Å². The lowest BCUT2D eigenvalue weighted by Gasteiger charge is -2.21. The van der Waals surface area contributed by atoms with Crippen molar-refractivity contribution in [2.24, 2.45) is 5.41 Å². The second kappa shape index (κ2) is 3.02. The van der Waals surface area contributed by atoms with E-state index in [0.717, 1.165) is 0 Å². The quantitative estimate of drug-likeness (QED) is 0.483. The van der Waals surface area contributed by atoms with Gasteiger partial charge in [0, 0.05) is 0 Å². The standard InChI is InChI=1S/C6H10BrClO/c1-6(2,3)4(7)5(8)9/h4H,1-3H3/t4-/m0/s1. The highest BCUT2D eigenvalue weighted by Gasteiger charge is 2.26. The zero-order chi connectivity index (χ0) is 7.65. The van der Waals surface area contributed by atoms with Crippen LogP contribution in [0.1, 0.15) is 20.8 Å². The van der Waals surface area contributed by atoms with Gasteiger partial charge < -0.3 is 0 Å². The van der Waals surface area contributed by atoms with Crippen molar-refractivity contribution in [2.45, 2.75) is 25.6 Å². The van der Waals surface area contributed by atoms with Crippen molar-refractivity contribution in [2.75, 3.05) is 0 Å². The molecule has 0 amide bonds. The van der Waals surface area contributed by atoms with Crippen LogP contribution >= 0.6 is 27.5 Å². The molecule has 0 spiro atoms. The third-order valence-electron chi connectivity index (χ3n) is 0.960. The van der Waals surface area contributed by atoms with Crippen molar-refractivity contribution in [3.63, 3.8) is 0 Å². The largest absolute Gasteiger partial charge is 0.280 e. The van der Waals surface area contributed by atoms with Crippen molar-refractivity contribution in [3.05, 3.63) is 0 Å². The average Bonchev–Trinajstić information content (AvgIpc) is 1.62. The smallest absolute Gasteiger partial charge is 0.235 e. The summed E-state index contributed by atoms with van der Waals surface area (Å²) in [5.74, 6) is 0. The van der Waals surface area contributed by atoms with Crippen molar-refractivity contribution in [3.8, 4) is 0 Å². The molecule has 0 radical (unpaired) electrons. The van der Waals surface area contributed by atoms with Crippen LogP contribution in [0.3, 0.4) is 0 Å². The summed E-state index contributed by atoms with van der Waals surface area (Å²) in [6.45, 7) is 5.85. The lowest BCUT2D eigenvalue weighted by molar-refractivity contribution is -0.112. The summed E-state index contributed by atoms with van der Waals surface area (Å²) in [4.78, 5) is 10.3. The molecule has 0 N–H and O–H groups in total. The van der Waals surface area contributed by atoms with Crippen LogP contribution < -0.4 is 0 Å². The number of rotatable bonds is 1. The molecule has 3 heteroatoms. The van der Waals surface area contributed by atoms with Gasteiger partial charge in [-0.05, 0) is 17.0 Å². The molecule has 0 bridgehead atoms. The molecule has 9 heavy (non-hydrogen) atoms. The van der Waals surface area contributed by atoms with Gasteiger partial charge in [0.2, 0.25) is 5.24 Å². The minimum Gasteiger partial charge on any atom is -0.280 e. The van der Waals surface area contributed by atoms with Gasteiger partial charge >= 0.3 is 0 Å². The first-order valence-corrected chi connectivity index (χ1v) is 3.98. The van der Waals surface area contributed by atoms with Gasteiger partial charge in [0.05, 0.1) is 4.83 Å². The molecule has 0 aliphatic carbocycles. The van der Waals surface area contributed by atoms with Crippen molar-refractivity contribution in [1.29, 1.82) is 0 Å². The fraction of sp³-hybridized carbons (Fsp3) is 0.833. The summed E-state index contributed by atoms with van der Waals surface area (Å²) in [5.41, 5.74) is -0.0845. The Balaban J connectivity index is 4.04. The molecule has 0 saturated heterocycles. The molecule has 0 aliphatic rings. The second-order valence-electron chi connectivity index (χ2n) is 3.03. The molecule has 0 unspecified atom stereocenters. The van der Waals surface area contributed by atoms with E-state index < -0.39 is 0 Å². The molecule has 0 aliphatic heterocycles. The first-order valence-electron chi connectivity index (χ1n) is 2.69. The minimum absolute atomic E-state index is 0.0845. The molecular formula is C6H10BrClO. The lowest BCUT2D eigenvalue weighted by atomic mass is 9.93. The molecule has 0 aromatic rings. The first kappa shape index (κ1) is 9.44. The van der Waals surface area contributed by atoms with E-state index in [4.69, 9.17) is 11.6 Å². The molecular weight excluding hydrogens is 203 g/mol. The second-order valence-corrected chi connectivity index (χ2v) is 4.32. The third-order valence-corrected chi connectivity index (χ3v) is 3.23. The van der Waals surface area contributed by atoms with Crippen LogP contribution in [0.25, 0.3) is 0 Å². The number of halogens is 2. The molecule has 0 heterocycles. The highest BCUT2D eigenvalue weighted by Crippen LogP contribution is 2.27. The maximum absolute atomic E-state index is 10.5. The highest BCUT2D eigenvalue weighted by molar-refractivity contribution is 9.10. The van der Waals surface area contributed by atoms with Crippen molar-refractivity contribution in [1.82, 2.24) is 0 Å². The zero-order valence-corrected chi connectivity index (χ0v) is 8.08. The molecule has 0 rings (SSSR count). The zero-order valence-electron chi connectivity index (χ0n) is 5.74. The summed E-state index contributed by atoms with van der Waals surface area (Å²) >= 11 is 8.41. The molecule has 54 valence electrons. The molecule has 0 aromatic heterocycles. The van der Waals surface area contributed by atoms with Crippen LogP contribution in [-0.4, -0.2) is 10.1 Å². The van der Waals surface area contributed by atoms with E-state index in [2.05, 4.69) is 15.9 Å². The number of carbonyl (C=O) groups is 1. The summed E-state index contributed by atoms with van der Waals surface area (Å²) in [7, 11) is 0. The summed E-state index contributed by atoms with van der Waals surface area (Å²) in [6, 6.07) is 0. The van der Waals surface area contributed by atoms with Crippen LogP contribution in [0.2, 0.25) is 0 Å². The number of alkyl halides is 1. The lowest BCUT2D eigenvalue weighted by Crippen LogP contribution is -2.25. The Morgan fingerprint density at radius 3 is 1.89 bits per heavy atom. The monoisotopic (exact) mass is 212 g/mol. The number of hydrogen-bond donors (Lipinski definition) is 0. The maximum atomic E-state index is 10.5. The van der Waals surface area contributed by atoms with E-state index in [1.54, 1.807) is 0 Å². The molecule has 0 fully saturated rings. The first-order chi connectivity index (χ1) is 3.85. The van der Waals surface area contributed by atoms with Gasteiger partial charge in [0.1, 0.15) is 0 Å². The topological polar surface area (TPSA) is 17.1 Å². The Bertz CT molecular complexity index is 117. The third kappa shape index (κ3) is 3.21. The highest BCUT2D eigenvalue weighted by atomic mass is 79.9.